The molecule has 1 amide bonds. The van der Waals surface area contributed by atoms with Crippen LogP contribution in [0, 0.1) is 0 Å². The lowest BCUT2D eigenvalue weighted by molar-refractivity contribution is 0.1000. The molecule has 6 nitrogen and oxygen atoms in total. The highest BCUT2D eigenvalue weighted by Gasteiger charge is 2.13. The number of carbonyl (C=O) groups is 1. The van der Waals surface area contributed by atoms with Gasteiger partial charge in [-0.3, -0.25) is 4.79 Å². The van der Waals surface area contributed by atoms with Crippen molar-refractivity contribution in [3.63, 3.8) is 0 Å². The maximum absolute atomic E-state index is 11.5. The molecule has 2 heterocycles. The van der Waals surface area contributed by atoms with E-state index in [9.17, 15) is 4.79 Å². The Hall–Kier alpha value is -3.15. The molecule has 0 bridgehead atoms. The first kappa shape index (κ1) is 12.9. The Morgan fingerprint density at radius 3 is 2.57 bits per heavy atom. The zero-order chi connectivity index (χ0) is 14.8. The second-order valence-electron chi connectivity index (χ2n) is 4.54. The zero-order valence-electron chi connectivity index (χ0n) is 11.1. The minimum absolute atomic E-state index is 0.234. The summed E-state index contributed by atoms with van der Waals surface area (Å²) in [5.41, 5.74) is 13.6. The van der Waals surface area contributed by atoms with Crippen LogP contribution >= 0.6 is 0 Å². The molecule has 0 radical (unpaired) electrons. The molecule has 0 fully saturated rings. The normalized spacial score (nSPS) is 10.5. The molecular weight excluding hydrogens is 266 g/mol. The molecule has 0 saturated carbocycles. The Morgan fingerprint density at radius 2 is 1.86 bits per heavy atom. The summed E-state index contributed by atoms with van der Waals surface area (Å²) in [4.78, 5) is 15.7. The molecule has 3 aromatic rings. The minimum atomic E-state index is -0.596. The average Bonchev–Trinajstić information content (AvgIpc) is 2.97. The van der Waals surface area contributed by atoms with Gasteiger partial charge in [0.15, 0.2) is 5.82 Å². The van der Waals surface area contributed by atoms with E-state index in [0.717, 1.165) is 11.1 Å². The Labute approximate surface area is 121 Å². The van der Waals surface area contributed by atoms with Crippen molar-refractivity contribution in [2.45, 2.75) is 0 Å². The number of hydrogen-bond acceptors (Lipinski definition) is 4. The third-order valence-corrected chi connectivity index (χ3v) is 3.06. The lowest BCUT2D eigenvalue weighted by Gasteiger charge is -2.06. The van der Waals surface area contributed by atoms with Crippen LogP contribution in [0.5, 0.6) is 0 Å². The molecule has 4 N–H and O–H groups in total. The standard InChI is InChI=1S/C15H13N5O/c16-12-6-13(14(17)21)15(18-8-12)20-9-11(7-19-20)10-4-2-1-3-5-10/h1-9H,16H2,(H2,17,21). The van der Waals surface area contributed by atoms with Gasteiger partial charge in [0.05, 0.1) is 23.6 Å². The van der Waals surface area contributed by atoms with Crippen molar-refractivity contribution >= 4 is 11.6 Å². The fraction of sp³-hybridized carbons (Fsp3) is 0. The van der Waals surface area contributed by atoms with Gasteiger partial charge in [-0.25, -0.2) is 9.67 Å². The number of pyridine rings is 1. The van der Waals surface area contributed by atoms with Crippen LogP contribution in [0.3, 0.4) is 0 Å². The average molecular weight is 279 g/mol. The number of nitrogens with zero attached hydrogens (tertiary/aromatic N) is 3. The van der Waals surface area contributed by atoms with E-state index in [4.69, 9.17) is 11.5 Å². The number of aromatic nitrogens is 3. The Morgan fingerprint density at radius 1 is 1.10 bits per heavy atom. The number of rotatable bonds is 3. The predicted molar refractivity (Wildman–Crippen MR) is 79.7 cm³/mol. The molecule has 0 aliphatic rings. The topological polar surface area (TPSA) is 99.8 Å². The van der Waals surface area contributed by atoms with Crippen molar-refractivity contribution in [1.82, 2.24) is 14.8 Å². The van der Waals surface area contributed by atoms with Gasteiger partial charge in [0.25, 0.3) is 5.91 Å². The van der Waals surface area contributed by atoms with Crippen LogP contribution in [0.25, 0.3) is 16.9 Å². The van der Waals surface area contributed by atoms with Gasteiger partial charge in [0, 0.05) is 11.8 Å². The van der Waals surface area contributed by atoms with Gasteiger partial charge in [-0.05, 0) is 11.6 Å². The van der Waals surface area contributed by atoms with Crippen molar-refractivity contribution in [2.75, 3.05) is 5.73 Å². The monoisotopic (exact) mass is 279 g/mol. The molecule has 21 heavy (non-hydrogen) atoms. The summed E-state index contributed by atoms with van der Waals surface area (Å²) in [7, 11) is 0. The van der Waals surface area contributed by atoms with E-state index in [-0.39, 0.29) is 5.56 Å². The van der Waals surface area contributed by atoms with Gasteiger partial charge < -0.3 is 11.5 Å². The van der Waals surface area contributed by atoms with Gasteiger partial charge in [-0.1, -0.05) is 30.3 Å². The van der Waals surface area contributed by atoms with Crippen LogP contribution in [0.1, 0.15) is 10.4 Å². The lowest BCUT2D eigenvalue weighted by atomic mass is 10.1. The fourth-order valence-electron chi connectivity index (χ4n) is 2.06. The van der Waals surface area contributed by atoms with Crippen LogP contribution in [0.2, 0.25) is 0 Å². The molecule has 0 aliphatic carbocycles. The molecule has 0 atom stereocenters. The third kappa shape index (κ3) is 2.46. The molecule has 0 saturated heterocycles. The van der Waals surface area contributed by atoms with Crippen molar-refractivity contribution in [3.05, 3.63) is 60.6 Å². The number of benzene rings is 1. The second-order valence-corrected chi connectivity index (χ2v) is 4.54. The van der Waals surface area contributed by atoms with Crippen molar-refractivity contribution in [1.29, 1.82) is 0 Å². The molecule has 0 aliphatic heterocycles. The number of primary amides is 1. The van der Waals surface area contributed by atoms with Gasteiger partial charge in [-0.15, -0.1) is 0 Å². The maximum Gasteiger partial charge on any atom is 0.252 e. The number of amides is 1. The van der Waals surface area contributed by atoms with E-state index in [1.54, 1.807) is 12.4 Å². The maximum atomic E-state index is 11.5. The van der Waals surface area contributed by atoms with Crippen LogP contribution < -0.4 is 11.5 Å². The van der Waals surface area contributed by atoms with Crippen LogP contribution in [-0.2, 0) is 0 Å². The van der Waals surface area contributed by atoms with Crippen LogP contribution in [-0.4, -0.2) is 20.7 Å². The molecule has 0 spiro atoms. The van der Waals surface area contributed by atoms with Crippen molar-refractivity contribution in [3.8, 4) is 16.9 Å². The molecular formula is C15H13N5O. The van der Waals surface area contributed by atoms with Crippen molar-refractivity contribution < 1.29 is 4.79 Å². The zero-order valence-corrected chi connectivity index (χ0v) is 11.1. The van der Waals surface area contributed by atoms with Gasteiger partial charge >= 0.3 is 0 Å². The molecule has 6 heteroatoms. The van der Waals surface area contributed by atoms with E-state index in [1.807, 2.05) is 30.3 Å². The number of hydrogen-bond donors (Lipinski definition) is 2. The summed E-state index contributed by atoms with van der Waals surface area (Å²) in [5, 5.41) is 4.24. The highest BCUT2D eigenvalue weighted by atomic mass is 16.1. The van der Waals surface area contributed by atoms with Crippen LogP contribution in [0.15, 0.2) is 55.0 Å². The number of nitrogens with two attached hydrogens (primary N) is 2. The van der Waals surface area contributed by atoms with Gasteiger partial charge in [-0.2, -0.15) is 5.10 Å². The SMILES string of the molecule is NC(=O)c1cc(N)cnc1-n1cc(-c2ccccc2)cn1. The Balaban J connectivity index is 2.07. The Kier molecular flexibility index (Phi) is 3.12. The van der Waals surface area contributed by atoms with E-state index in [1.165, 1.54) is 16.9 Å². The molecule has 0 unspecified atom stereocenters. The summed E-state index contributed by atoms with van der Waals surface area (Å²) in [6.07, 6.45) is 4.96. The number of carbonyl (C=O) groups excluding carboxylic acids is 1. The van der Waals surface area contributed by atoms with Gasteiger partial charge in [0.2, 0.25) is 0 Å². The first-order chi connectivity index (χ1) is 10.1. The Bertz CT molecular complexity index is 795. The predicted octanol–water partition coefficient (Wildman–Crippen LogP) is 1.62. The summed E-state index contributed by atoms with van der Waals surface area (Å²) < 4.78 is 1.52. The smallest absolute Gasteiger partial charge is 0.252 e. The van der Waals surface area contributed by atoms with E-state index >= 15 is 0 Å². The minimum Gasteiger partial charge on any atom is -0.397 e. The van der Waals surface area contributed by atoms with Gasteiger partial charge in [0.1, 0.15) is 0 Å². The number of anilines is 1. The number of nitrogen functional groups attached to an aromatic ring is 1. The molecule has 1 aromatic carbocycles. The summed E-state index contributed by atoms with van der Waals surface area (Å²) in [6, 6.07) is 11.3. The highest BCUT2D eigenvalue weighted by Crippen LogP contribution is 2.20. The highest BCUT2D eigenvalue weighted by molar-refractivity contribution is 5.96. The van der Waals surface area contributed by atoms with E-state index < -0.39 is 5.91 Å². The van der Waals surface area contributed by atoms with E-state index in [2.05, 4.69) is 10.1 Å². The van der Waals surface area contributed by atoms with Crippen LogP contribution in [0.4, 0.5) is 5.69 Å². The fourth-order valence-corrected chi connectivity index (χ4v) is 2.06. The summed E-state index contributed by atoms with van der Waals surface area (Å²) in [5.74, 6) is -0.236. The summed E-state index contributed by atoms with van der Waals surface area (Å²) >= 11 is 0. The quantitative estimate of drug-likeness (QED) is 0.760. The van der Waals surface area contributed by atoms with Crippen molar-refractivity contribution in [2.24, 2.45) is 5.73 Å². The summed E-state index contributed by atoms with van der Waals surface area (Å²) in [6.45, 7) is 0. The largest absolute Gasteiger partial charge is 0.397 e. The first-order valence-electron chi connectivity index (χ1n) is 6.31. The first-order valence-corrected chi connectivity index (χ1v) is 6.31. The van der Waals surface area contributed by atoms with E-state index in [0.29, 0.717) is 11.5 Å². The molecule has 104 valence electrons. The lowest BCUT2D eigenvalue weighted by Crippen LogP contribution is -2.16. The second kappa shape index (κ2) is 5.09. The molecule has 2 aromatic heterocycles. The third-order valence-electron chi connectivity index (χ3n) is 3.06. The molecule has 3 rings (SSSR count).